The molecule has 14 heavy (non-hydrogen) atoms. The number of H-pyrrole nitrogens is 2. The van der Waals surface area contributed by atoms with Crippen LogP contribution in [0.2, 0.25) is 0 Å². The molecular weight excluding hydrogens is 184 g/mol. The smallest absolute Gasteiger partial charge is 0.340 e. The highest BCUT2D eigenvalue weighted by molar-refractivity contribution is 6.02. The van der Waals surface area contributed by atoms with Gasteiger partial charge in [0.15, 0.2) is 5.43 Å². The van der Waals surface area contributed by atoms with Crippen molar-refractivity contribution in [3.05, 3.63) is 34.2 Å². The number of fused-ring (bicyclic) bond motifs is 1. The number of rotatable bonds is 1. The molecule has 0 spiro atoms. The molecule has 2 aromatic rings. The minimum atomic E-state index is -0.520. The van der Waals surface area contributed by atoms with Crippen LogP contribution in [0, 0.1) is 0 Å². The van der Waals surface area contributed by atoms with Crippen LogP contribution >= 0.6 is 0 Å². The van der Waals surface area contributed by atoms with E-state index in [1.165, 1.54) is 25.6 Å². The maximum absolute atomic E-state index is 11.4. The monoisotopic (exact) mass is 192 g/mol. The van der Waals surface area contributed by atoms with Gasteiger partial charge in [0, 0.05) is 18.5 Å². The van der Waals surface area contributed by atoms with Gasteiger partial charge in [0.2, 0.25) is 0 Å². The molecule has 0 aliphatic carbocycles. The highest BCUT2D eigenvalue weighted by Crippen LogP contribution is 2.12. The first-order valence-electron chi connectivity index (χ1n) is 4.01. The Morgan fingerprint density at radius 3 is 2.93 bits per heavy atom. The average Bonchev–Trinajstić information content (AvgIpc) is 2.62. The van der Waals surface area contributed by atoms with Gasteiger partial charge >= 0.3 is 5.97 Å². The van der Waals surface area contributed by atoms with Crippen LogP contribution in [-0.2, 0) is 4.74 Å². The maximum atomic E-state index is 11.4. The number of carbonyl (C=O) groups is 1. The molecule has 5 nitrogen and oxygen atoms in total. The number of nitrogens with one attached hydrogen (secondary N) is 2. The zero-order chi connectivity index (χ0) is 10.1. The van der Waals surface area contributed by atoms with Gasteiger partial charge in [0.25, 0.3) is 0 Å². The molecule has 0 bridgehead atoms. The Morgan fingerprint density at radius 1 is 1.43 bits per heavy atom. The third kappa shape index (κ3) is 1.10. The molecule has 2 heterocycles. The quantitative estimate of drug-likeness (QED) is 0.651. The Hall–Kier alpha value is -2.04. The molecule has 0 saturated heterocycles. The van der Waals surface area contributed by atoms with Crippen LogP contribution < -0.4 is 5.43 Å². The SMILES string of the molecule is COC(=O)c1c[nH]c2[nH]ccc(=O)c12. The second-order valence-corrected chi connectivity index (χ2v) is 2.79. The molecule has 0 radical (unpaired) electrons. The van der Waals surface area contributed by atoms with Crippen molar-refractivity contribution >= 4 is 17.0 Å². The first kappa shape index (κ1) is 8.55. The minimum absolute atomic E-state index is 0.208. The van der Waals surface area contributed by atoms with Crippen molar-refractivity contribution in [1.82, 2.24) is 9.97 Å². The number of hydrogen-bond donors (Lipinski definition) is 2. The van der Waals surface area contributed by atoms with Crippen LogP contribution in [0.1, 0.15) is 10.4 Å². The summed E-state index contributed by atoms with van der Waals surface area (Å²) in [7, 11) is 1.28. The second-order valence-electron chi connectivity index (χ2n) is 2.79. The summed E-state index contributed by atoms with van der Waals surface area (Å²) in [5, 5.41) is 0.333. The fourth-order valence-electron chi connectivity index (χ4n) is 1.35. The summed E-state index contributed by atoms with van der Waals surface area (Å²) in [5.41, 5.74) is 0.572. The topological polar surface area (TPSA) is 75.0 Å². The van der Waals surface area contributed by atoms with E-state index in [2.05, 4.69) is 14.7 Å². The van der Waals surface area contributed by atoms with Crippen molar-refractivity contribution in [2.24, 2.45) is 0 Å². The normalized spacial score (nSPS) is 10.4. The molecule has 2 aromatic heterocycles. The highest BCUT2D eigenvalue weighted by atomic mass is 16.5. The lowest BCUT2D eigenvalue weighted by Crippen LogP contribution is -2.06. The van der Waals surface area contributed by atoms with E-state index in [1.807, 2.05) is 0 Å². The number of carbonyl (C=O) groups excluding carboxylic acids is 1. The number of hydrogen-bond acceptors (Lipinski definition) is 3. The first-order chi connectivity index (χ1) is 6.74. The largest absolute Gasteiger partial charge is 0.465 e. The zero-order valence-electron chi connectivity index (χ0n) is 7.46. The third-order valence-corrected chi connectivity index (χ3v) is 1.99. The average molecular weight is 192 g/mol. The third-order valence-electron chi connectivity index (χ3n) is 1.99. The fourth-order valence-corrected chi connectivity index (χ4v) is 1.35. The van der Waals surface area contributed by atoms with E-state index in [0.717, 1.165) is 0 Å². The molecule has 0 amide bonds. The van der Waals surface area contributed by atoms with Crippen LogP contribution in [-0.4, -0.2) is 23.0 Å². The van der Waals surface area contributed by atoms with Crippen molar-refractivity contribution in [2.45, 2.75) is 0 Å². The zero-order valence-corrected chi connectivity index (χ0v) is 7.46. The van der Waals surface area contributed by atoms with Gasteiger partial charge in [0.05, 0.1) is 18.1 Å². The van der Waals surface area contributed by atoms with Gasteiger partial charge in [-0.15, -0.1) is 0 Å². The Morgan fingerprint density at radius 2 is 2.21 bits per heavy atom. The van der Waals surface area contributed by atoms with Crippen LogP contribution in [0.15, 0.2) is 23.3 Å². The van der Waals surface area contributed by atoms with Crippen LogP contribution in [0.3, 0.4) is 0 Å². The van der Waals surface area contributed by atoms with Gasteiger partial charge in [0.1, 0.15) is 5.65 Å². The summed E-state index contributed by atoms with van der Waals surface area (Å²) in [4.78, 5) is 28.3. The predicted molar refractivity (Wildman–Crippen MR) is 50.3 cm³/mol. The van der Waals surface area contributed by atoms with E-state index in [9.17, 15) is 9.59 Å². The summed E-state index contributed by atoms with van der Waals surface area (Å²) in [6.07, 6.45) is 2.97. The van der Waals surface area contributed by atoms with Gasteiger partial charge in [-0.1, -0.05) is 0 Å². The molecule has 0 aromatic carbocycles. The molecule has 0 fully saturated rings. The van der Waals surface area contributed by atoms with Gasteiger partial charge in [-0.2, -0.15) is 0 Å². The lowest BCUT2D eigenvalue weighted by atomic mass is 10.2. The summed E-state index contributed by atoms with van der Waals surface area (Å²) < 4.78 is 4.55. The van der Waals surface area contributed by atoms with E-state index in [1.54, 1.807) is 0 Å². The van der Waals surface area contributed by atoms with E-state index < -0.39 is 5.97 Å². The van der Waals surface area contributed by atoms with E-state index in [0.29, 0.717) is 11.0 Å². The van der Waals surface area contributed by atoms with Crippen molar-refractivity contribution < 1.29 is 9.53 Å². The highest BCUT2D eigenvalue weighted by Gasteiger charge is 2.14. The first-order valence-corrected chi connectivity index (χ1v) is 4.01. The maximum Gasteiger partial charge on any atom is 0.340 e. The number of pyridine rings is 1. The second kappa shape index (κ2) is 3.02. The van der Waals surface area contributed by atoms with Crippen LogP contribution in [0.5, 0.6) is 0 Å². The van der Waals surface area contributed by atoms with Crippen molar-refractivity contribution in [1.29, 1.82) is 0 Å². The van der Waals surface area contributed by atoms with Crippen molar-refractivity contribution in [3.63, 3.8) is 0 Å². The predicted octanol–water partition coefficient (Wildman–Crippen LogP) is 0.643. The Labute approximate surface area is 78.7 Å². The van der Waals surface area contributed by atoms with Crippen LogP contribution in [0.4, 0.5) is 0 Å². The standard InChI is InChI=1S/C9H8N2O3/c1-14-9(13)5-4-11-8-7(5)6(12)2-3-10-8/h2-4H,1H3,(H2,10,11,12). The molecule has 2 N–H and O–H groups in total. The molecule has 0 atom stereocenters. The summed E-state index contributed by atoms with van der Waals surface area (Å²) in [6, 6.07) is 1.36. The summed E-state index contributed by atoms with van der Waals surface area (Å²) >= 11 is 0. The number of methoxy groups -OCH3 is 1. The molecule has 5 heteroatoms. The fraction of sp³-hybridized carbons (Fsp3) is 0.111. The molecular formula is C9H8N2O3. The minimum Gasteiger partial charge on any atom is -0.465 e. The molecule has 0 saturated carbocycles. The molecule has 0 unspecified atom stereocenters. The number of ether oxygens (including phenoxy) is 1. The summed E-state index contributed by atoms with van der Waals surface area (Å²) in [5.74, 6) is -0.520. The van der Waals surface area contributed by atoms with E-state index in [4.69, 9.17) is 0 Å². The molecule has 72 valence electrons. The van der Waals surface area contributed by atoms with Gasteiger partial charge in [-0.05, 0) is 0 Å². The number of esters is 1. The Kier molecular flexibility index (Phi) is 1.85. The molecule has 2 rings (SSSR count). The van der Waals surface area contributed by atoms with Gasteiger partial charge in [-0.25, -0.2) is 4.79 Å². The molecule has 0 aliphatic rings. The van der Waals surface area contributed by atoms with E-state index in [-0.39, 0.29) is 11.0 Å². The molecule has 0 aliphatic heterocycles. The Bertz CT molecular complexity index is 538. The van der Waals surface area contributed by atoms with E-state index >= 15 is 0 Å². The number of aromatic amines is 2. The van der Waals surface area contributed by atoms with Crippen molar-refractivity contribution in [2.75, 3.05) is 7.11 Å². The van der Waals surface area contributed by atoms with Crippen molar-refractivity contribution in [3.8, 4) is 0 Å². The lowest BCUT2D eigenvalue weighted by molar-refractivity contribution is 0.0603. The Balaban J connectivity index is 2.80. The van der Waals surface area contributed by atoms with Gasteiger partial charge < -0.3 is 14.7 Å². The summed E-state index contributed by atoms with van der Waals surface area (Å²) in [6.45, 7) is 0. The lowest BCUT2D eigenvalue weighted by Gasteiger charge is -1.94. The van der Waals surface area contributed by atoms with Gasteiger partial charge in [-0.3, -0.25) is 4.79 Å². The van der Waals surface area contributed by atoms with Crippen LogP contribution in [0.25, 0.3) is 11.0 Å². The number of aromatic nitrogens is 2.